The minimum Gasteiger partial charge on any atom is -0.383 e. The van der Waals surface area contributed by atoms with E-state index in [-0.39, 0.29) is 0 Å². The smallest absolute Gasteiger partial charge is 0.0615 e. The largest absolute Gasteiger partial charge is 0.383 e. The van der Waals surface area contributed by atoms with Gasteiger partial charge in [-0.25, -0.2) is 0 Å². The molecule has 0 heterocycles. The molecule has 0 aromatic heterocycles. The Balaban J connectivity index is 2.27. The number of nitrogens with zero attached hydrogens (tertiary/aromatic N) is 1. The third kappa shape index (κ3) is 2.46. The molecule has 66 valence electrons. The first-order chi connectivity index (χ1) is 5.29. The third-order valence-corrected chi connectivity index (χ3v) is 2.36. The van der Waals surface area contributed by atoms with Gasteiger partial charge in [-0.3, -0.25) is 4.90 Å². The predicted molar refractivity (Wildman–Crippen MR) is 46.7 cm³/mol. The summed E-state index contributed by atoms with van der Waals surface area (Å²) in [5.74, 6) is 0. The van der Waals surface area contributed by atoms with Crippen LogP contribution in [0.2, 0.25) is 0 Å². The fourth-order valence-corrected chi connectivity index (χ4v) is 1.67. The molecule has 0 aromatic rings. The van der Waals surface area contributed by atoms with Crippen LogP contribution in [0.25, 0.3) is 0 Å². The molecule has 1 aliphatic rings. The lowest BCUT2D eigenvalue weighted by molar-refractivity contribution is 0.0978. The van der Waals surface area contributed by atoms with Crippen molar-refractivity contribution < 1.29 is 4.74 Å². The van der Waals surface area contributed by atoms with Crippen molar-refractivity contribution in [1.29, 1.82) is 0 Å². The Hall–Kier alpha value is -0.0800. The van der Waals surface area contributed by atoms with Crippen molar-refractivity contribution in [3.05, 3.63) is 0 Å². The van der Waals surface area contributed by atoms with Gasteiger partial charge in [0.25, 0.3) is 0 Å². The van der Waals surface area contributed by atoms with Gasteiger partial charge in [0, 0.05) is 19.2 Å². The van der Waals surface area contributed by atoms with Crippen LogP contribution in [0.5, 0.6) is 0 Å². The average molecular weight is 157 g/mol. The summed E-state index contributed by atoms with van der Waals surface area (Å²) in [6.45, 7) is 6.50. The Morgan fingerprint density at radius 2 is 2.18 bits per heavy atom. The van der Waals surface area contributed by atoms with E-state index in [4.69, 9.17) is 4.74 Å². The molecule has 1 rings (SSSR count). The number of rotatable bonds is 5. The second-order valence-electron chi connectivity index (χ2n) is 3.37. The first kappa shape index (κ1) is 9.01. The zero-order valence-corrected chi connectivity index (χ0v) is 7.84. The monoisotopic (exact) mass is 157 g/mol. The number of ether oxygens (including phenoxy) is 1. The van der Waals surface area contributed by atoms with Crippen molar-refractivity contribution in [3.63, 3.8) is 0 Å². The summed E-state index contributed by atoms with van der Waals surface area (Å²) in [5.41, 5.74) is 0. The second kappa shape index (κ2) is 4.07. The van der Waals surface area contributed by atoms with Gasteiger partial charge in [0.15, 0.2) is 0 Å². The fraction of sp³-hybridized carbons (Fsp3) is 1.00. The lowest BCUT2D eigenvalue weighted by Crippen LogP contribution is -2.37. The quantitative estimate of drug-likeness (QED) is 0.599. The van der Waals surface area contributed by atoms with Gasteiger partial charge in [0.05, 0.1) is 6.61 Å². The second-order valence-corrected chi connectivity index (χ2v) is 3.37. The van der Waals surface area contributed by atoms with E-state index in [9.17, 15) is 0 Å². The number of likely N-dealkylation sites (N-methyl/N-ethyl adjacent to an activating group) is 1. The average Bonchev–Trinajstić information content (AvgIpc) is 2.73. The van der Waals surface area contributed by atoms with Crippen molar-refractivity contribution in [2.45, 2.75) is 38.8 Å². The van der Waals surface area contributed by atoms with Crippen LogP contribution >= 0.6 is 0 Å². The summed E-state index contributed by atoms with van der Waals surface area (Å²) in [5, 5.41) is 0. The predicted octanol–water partition coefficient (Wildman–Crippen LogP) is 1.51. The molecule has 0 bridgehead atoms. The van der Waals surface area contributed by atoms with E-state index in [0.717, 1.165) is 19.2 Å². The van der Waals surface area contributed by atoms with Crippen LogP contribution in [0.3, 0.4) is 0 Å². The van der Waals surface area contributed by atoms with Crippen LogP contribution in [0.15, 0.2) is 0 Å². The zero-order chi connectivity index (χ0) is 8.27. The summed E-state index contributed by atoms with van der Waals surface area (Å²) in [6, 6.07) is 1.46. The van der Waals surface area contributed by atoms with Crippen LogP contribution in [0.1, 0.15) is 26.7 Å². The number of hydrogen-bond acceptors (Lipinski definition) is 2. The molecule has 0 aromatic carbocycles. The highest BCUT2D eigenvalue weighted by atomic mass is 16.5. The highest BCUT2D eigenvalue weighted by Gasteiger charge is 2.30. The summed E-state index contributed by atoms with van der Waals surface area (Å²) in [7, 11) is 1.78. The summed E-state index contributed by atoms with van der Waals surface area (Å²) >= 11 is 0. The van der Waals surface area contributed by atoms with Gasteiger partial charge in [-0.2, -0.15) is 0 Å². The van der Waals surface area contributed by atoms with Gasteiger partial charge < -0.3 is 4.74 Å². The Morgan fingerprint density at radius 1 is 1.55 bits per heavy atom. The molecule has 1 fully saturated rings. The molecule has 0 unspecified atom stereocenters. The minimum atomic E-state index is 0.595. The van der Waals surface area contributed by atoms with Crippen molar-refractivity contribution in [2.24, 2.45) is 0 Å². The van der Waals surface area contributed by atoms with Crippen molar-refractivity contribution >= 4 is 0 Å². The molecule has 11 heavy (non-hydrogen) atoms. The molecule has 0 spiro atoms. The lowest BCUT2D eigenvalue weighted by Gasteiger charge is -2.26. The van der Waals surface area contributed by atoms with E-state index in [1.807, 2.05) is 0 Å². The third-order valence-electron chi connectivity index (χ3n) is 2.36. The van der Waals surface area contributed by atoms with Crippen LogP contribution < -0.4 is 0 Å². The highest BCUT2D eigenvalue weighted by molar-refractivity contribution is 4.86. The maximum Gasteiger partial charge on any atom is 0.0615 e. The Labute approximate surface area is 69.5 Å². The molecule has 0 radical (unpaired) electrons. The molecule has 0 amide bonds. The molecular formula is C9H19NO. The lowest BCUT2D eigenvalue weighted by atomic mass is 10.3. The Bertz CT molecular complexity index is 112. The maximum absolute atomic E-state index is 5.12. The summed E-state index contributed by atoms with van der Waals surface area (Å²) < 4.78 is 5.12. The van der Waals surface area contributed by atoms with Gasteiger partial charge >= 0.3 is 0 Å². The maximum atomic E-state index is 5.12. The highest BCUT2D eigenvalue weighted by Crippen LogP contribution is 2.28. The van der Waals surface area contributed by atoms with E-state index in [1.54, 1.807) is 7.11 Å². The molecular weight excluding hydrogens is 138 g/mol. The molecule has 2 heteroatoms. The van der Waals surface area contributed by atoms with E-state index >= 15 is 0 Å². The summed E-state index contributed by atoms with van der Waals surface area (Å²) in [6.07, 6.45) is 2.78. The number of hydrogen-bond donors (Lipinski definition) is 0. The van der Waals surface area contributed by atoms with E-state index in [1.165, 1.54) is 12.8 Å². The SMILES string of the molecule is CCN(C1CC1)[C@H](C)COC. The Morgan fingerprint density at radius 3 is 2.55 bits per heavy atom. The molecule has 0 aliphatic heterocycles. The van der Waals surface area contributed by atoms with Crippen molar-refractivity contribution in [2.75, 3.05) is 20.3 Å². The van der Waals surface area contributed by atoms with Crippen LogP contribution in [-0.4, -0.2) is 37.2 Å². The molecule has 1 atom stereocenters. The number of methoxy groups -OCH3 is 1. The van der Waals surface area contributed by atoms with Gasteiger partial charge in [0.1, 0.15) is 0 Å². The van der Waals surface area contributed by atoms with Gasteiger partial charge in [0.2, 0.25) is 0 Å². The first-order valence-corrected chi connectivity index (χ1v) is 4.54. The normalized spacial score (nSPS) is 20.7. The van der Waals surface area contributed by atoms with Crippen LogP contribution in [-0.2, 0) is 4.74 Å². The fourth-order valence-electron chi connectivity index (χ4n) is 1.67. The molecule has 1 saturated carbocycles. The van der Waals surface area contributed by atoms with Crippen LogP contribution in [0, 0.1) is 0 Å². The van der Waals surface area contributed by atoms with Gasteiger partial charge in [-0.15, -0.1) is 0 Å². The summed E-state index contributed by atoms with van der Waals surface area (Å²) in [4.78, 5) is 2.53. The van der Waals surface area contributed by atoms with Gasteiger partial charge in [-0.1, -0.05) is 6.92 Å². The zero-order valence-electron chi connectivity index (χ0n) is 7.84. The standard InChI is InChI=1S/C9H19NO/c1-4-10(9-5-6-9)8(2)7-11-3/h8-9H,4-7H2,1-3H3/t8-/m1/s1. The Kier molecular flexibility index (Phi) is 3.34. The molecule has 2 nitrogen and oxygen atoms in total. The van der Waals surface area contributed by atoms with E-state index in [2.05, 4.69) is 18.7 Å². The minimum absolute atomic E-state index is 0.595. The van der Waals surface area contributed by atoms with Crippen molar-refractivity contribution in [1.82, 2.24) is 4.90 Å². The van der Waals surface area contributed by atoms with Crippen molar-refractivity contribution in [3.8, 4) is 0 Å². The molecule has 0 N–H and O–H groups in total. The first-order valence-electron chi connectivity index (χ1n) is 4.54. The van der Waals surface area contributed by atoms with Crippen LogP contribution in [0.4, 0.5) is 0 Å². The molecule has 1 aliphatic carbocycles. The van der Waals surface area contributed by atoms with E-state index < -0.39 is 0 Å². The van der Waals surface area contributed by atoms with Gasteiger partial charge in [-0.05, 0) is 26.3 Å². The topological polar surface area (TPSA) is 12.5 Å². The van der Waals surface area contributed by atoms with E-state index in [0.29, 0.717) is 6.04 Å². The molecule has 0 saturated heterocycles.